The van der Waals surface area contributed by atoms with Crippen molar-refractivity contribution < 1.29 is 23.1 Å². The Morgan fingerprint density at radius 3 is 2.39 bits per heavy atom. The zero-order chi connectivity index (χ0) is 23.2. The van der Waals surface area contributed by atoms with Gasteiger partial charge in [-0.05, 0) is 36.6 Å². The van der Waals surface area contributed by atoms with Crippen LogP contribution in [0.5, 0.6) is 0 Å². The molecular formula is C23H18F3N5O2. The van der Waals surface area contributed by atoms with E-state index in [1.807, 2.05) is 24.3 Å². The number of halogens is 3. The van der Waals surface area contributed by atoms with Gasteiger partial charge >= 0.3 is 12.1 Å². The highest BCUT2D eigenvalue weighted by Crippen LogP contribution is 2.32. The summed E-state index contributed by atoms with van der Waals surface area (Å²) in [6, 6.07) is 10.1. The molecule has 0 spiro atoms. The standard InChI is InChI=1S/C23H18F3N5O2/c24-23(25,26)16-7-8-17-18(10-16)30-20(29-17)14-5-3-13(4-6-14)15-11-27-22(28-12-15)31-9-1-2-19(31)21(32)33/h3-8,10-12,19H,1-2,9H2,(H,29,30)(H,32,33). The molecule has 2 aromatic heterocycles. The molecule has 0 radical (unpaired) electrons. The van der Waals surface area contributed by atoms with Crippen LogP contribution in [0.2, 0.25) is 0 Å². The Morgan fingerprint density at radius 2 is 1.73 bits per heavy atom. The minimum atomic E-state index is -4.41. The van der Waals surface area contributed by atoms with Gasteiger partial charge in [-0.1, -0.05) is 24.3 Å². The van der Waals surface area contributed by atoms with Crippen molar-refractivity contribution in [2.75, 3.05) is 11.4 Å². The maximum absolute atomic E-state index is 12.9. The van der Waals surface area contributed by atoms with Crippen molar-refractivity contribution in [3.8, 4) is 22.5 Å². The fourth-order valence-electron chi connectivity index (χ4n) is 4.02. The van der Waals surface area contributed by atoms with Crippen molar-refractivity contribution in [3.63, 3.8) is 0 Å². The molecule has 1 aliphatic heterocycles. The predicted octanol–water partition coefficient (Wildman–Crippen LogP) is 4.76. The van der Waals surface area contributed by atoms with Crippen LogP contribution in [-0.4, -0.2) is 43.6 Å². The molecule has 5 rings (SSSR count). The number of fused-ring (bicyclic) bond motifs is 1. The van der Waals surface area contributed by atoms with Crippen LogP contribution in [0.25, 0.3) is 33.5 Å². The largest absolute Gasteiger partial charge is 0.480 e. The van der Waals surface area contributed by atoms with Gasteiger partial charge in [0, 0.05) is 30.1 Å². The molecule has 2 N–H and O–H groups in total. The van der Waals surface area contributed by atoms with E-state index in [4.69, 9.17) is 0 Å². The Labute approximate surface area is 185 Å². The first-order valence-corrected chi connectivity index (χ1v) is 10.3. The fraction of sp³-hybridized carbons (Fsp3) is 0.217. The Balaban J connectivity index is 1.37. The summed E-state index contributed by atoms with van der Waals surface area (Å²) in [7, 11) is 0. The van der Waals surface area contributed by atoms with Crippen LogP contribution in [0.1, 0.15) is 18.4 Å². The number of carboxylic acid groups (broad SMARTS) is 1. The molecule has 7 nitrogen and oxygen atoms in total. The van der Waals surface area contributed by atoms with Gasteiger partial charge in [-0.15, -0.1) is 0 Å². The number of nitrogens with one attached hydrogen (secondary N) is 1. The number of aromatic nitrogens is 4. The SMILES string of the molecule is O=C(O)C1CCCN1c1ncc(-c2ccc(-c3nc4ccc(C(F)(F)F)cc4[nH]3)cc2)cn1. The zero-order valence-corrected chi connectivity index (χ0v) is 17.2. The normalized spacial score (nSPS) is 16.5. The van der Waals surface area contributed by atoms with E-state index in [1.54, 1.807) is 17.3 Å². The number of carbonyl (C=O) groups is 1. The van der Waals surface area contributed by atoms with Crippen LogP contribution < -0.4 is 4.90 Å². The fourth-order valence-corrected chi connectivity index (χ4v) is 4.02. The first-order chi connectivity index (χ1) is 15.8. The third-order valence-electron chi connectivity index (χ3n) is 5.73. The van der Waals surface area contributed by atoms with Gasteiger partial charge in [0.05, 0.1) is 16.6 Å². The van der Waals surface area contributed by atoms with Crippen molar-refractivity contribution in [2.24, 2.45) is 0 Å². The number of aromatic amines is 1. The minimum Gasteiger partial charge on any atom is -0.480 e. The lowest BCUT2D eigenvalue weighted by Crippen LogP contribution is -2.36. The maximum atomic E-state index is 12.9. The van der Waals surface area contributed by atoms with E-state index in [1.165, 1.54) is 6.07 Å². The average molecular weight is 453 g/mol. The number of H-pyrrole nitrogens is 1. The molecule has 1 saturated heterocycles. The zero-order valence-electron chi connectivity index (χ0n) is 17.2. The van der Waals surface area contributed by atoms with Gasteiger partial charge in [-0.2, -0.15) is 13.2 Å². The highest BCUT2D eigenvalue weighted by atomic mass is 19.4. The number of alkyl halides is 3. The van der Waals surface area contributed by atoms with Crippen LogP contribution in [0, 0.1) is 0 Å². The van der Waals surface area contributed by atoms with Crippen molar-refractivity contribution >= 4 is 23.0 Å². The molecule has 1 atom stereocenters. The van der Waals surface area contributed by atoms with Crippen molar-refractivity contribution in [3.05, 3.63) is 60.4 Å². The number of carboxylic acids is 1. The van der Waals surface area contributed by atoms with Crippen molar-refractivity contribution in [1.82, 2.24) is 19.9 Å². The molecule has 0 bridgehead atoms. The summed E-state index contributed by atoms with van der Waals surface area (Å²) in [5.74, 6) is -0.0204. The lowest BCUT2D eigenvalue weighted by molar-refractivity contribution is -0.138. The second kappa shape index (κ2) is 7.88. The molecule has 1 aliphatic rings. The van der Waals surface area contributed by atoms with Gasteiger partial charge < -0.3 is 15.0 Å². The van der Waals surface area contributed by atoms with Crippen molar-refractivity contribution in [2.45, 2.75) is 25.1 Å². The Morgan fingerprint density at radius 1 is 1.03 bits per heavy atom. The number of nitrogens with zero attached hydrogens (tertiary/aromatic N) is 4. The summed E-state index contributed by atoms with van der Waals surface area (Å²) >= 11 is 0. The third-order valence-corrected chi connectivity index (χ3v) is 5.73. The Bertz CT molecular complexity index is 1320. The first kappa shape index (κ1) is 20.9. The highest BCUT2D eigenvalue weighted by Gasteiger charge is 2.32. The first-order valence-electron chi connectivity index (χ1n) is 10.3. The van der Waals surface area contributed by atoms with Gasteiger partial charge in [-0.3, -0.25) is 0 Å². The minimum absolute atomic E-state index is 0.314. The van der Waals surface area contributed by atoms with Gasteiger partial charge in [0.15, 0.2) is 0 Å². The topological polar surface area (TPSA) is 95.0 Å². The summed E-state index contributed by atoms with van der Waals surface area (Å²) in [5.41, 5.74) is 2.37. The van der Waals surface area contributed by atoms with Gasteiger partial charge in [0.25, 0.3) is 0 Å². The quantitative estimate of drug-likeness (QED) is 0.463. The molecule has 0 amide bonds. The van der Waals surface area contributed by atoms with Gasteiger partial charge in [0.2, 0.25) is 5.95 Å². The average Bonchev–Trinajstić information content (AvgIpc) is 3.46. The second-order valence-electron chi connectivity index (χ2n) is 7.85. The van der Waals surface area contributed by atoms with Crippen LogP contribution in [0.3, 0.4) is 0 Å². The van der Waals surface area contributed by atoms with E-state index in [9.17, 15) is 23.1 Å². The van der Waals surface area contributed by atoms with E-state index >= 15 is 0 Å². The van der Waals surface area contributed by atoms with Crippen LogP contribution >= 0.6 is 0 Å². The van der Waals surface area contributed by atoms with E-state index in [0.29, 0.717) is 35.8 Å². The molecule has 10 heteroatoms. The number of benzene rings is 2. The number of hydrogen-bond donors (Lipinski definition) is 2. The molecule has 1 unspecified atom stereocenters. The predicted molar refractivity (Wildman–Crippen MR) is 116 cm³/mol. The number of rotatable bonds is 4. The lowest BCUT2D eigenvalue weighted by atomic mass is 10.1. The van der Waals surface area contributed by atoms with E-state index in [2.05, 4.69) is 19.9 Å². The number of anilines is 1. The summed E-state index contributed by atoms with van der Waals surface area (Å²) in [5, 5.41) is 9.34. The maximum Gasteiger partial charge on any atom is 0.416 e. The summed E-state index contributed by atoms with van der Waals surface area (Å²) in [6.07, 6.45) is 0.231. The lowest BCUT2D eigenvalue weighted by Gasteiger charge is -2.21. The van der Waals surface area contributed by atoms with Crippen LogP contribution in [0.4, 0.5) is 19.1 Å². The van der Waals surface area contributed by atoms with E-state index in [-0.39, 0.29) is 0 Å². The van der Waals surface area contributed by atoms with E-state index in [0.717, 1.165) is 35.2 Å². The van der Waals surface area contributed by atoms with Crippen LogP contribution in [0.15, 0.2) is 54.9 Å². The summed E-state index contributed by atoms with van der Waals surface area (Å²) in [4.78, 5) is 29.1. The summed E-state index contributed by atoms with van der Waals surface area (Å²) < 4.78 is 38.8. The molecule has 1 fully saturated rings. The summed E-state index contributed by atoms with van der Waals surface area (Å²) in [6.45, 7) is 0.604. The Kier molecular flexibility index (Phi) is 4.99. The monoisotopic (exact) mass is 453 g/mol. The molecule has 0 aliphatic carbocycles. The smallest absolute Gasteiger partial charge is 0.416 e. The molecule has 33 heavy (non-hydrogen) atoms. The number of imidazole rings is 1. The Hall–Kier alpha value is -3.95. The number of aliphatic carboxylic acids is 1. The van der Waals surface area contributed by atoms with Gasteiger partial charge in [0.1, 0.15) is 11.9 Å². The van der Waals surface area contributed by atoms with Crippen LogP contribution in [-0.2, 0) is 11.0 Å². The third kappa shape index (κ3) is 3.99. The number of hydrogen-bond acceptors (Lipinski definition) is 5. The molecular weight excluding hydrogens is 435 g/mol. The van der Waals surface area contributed by atoms with Crippen molar-refractivity contribution in [1.29, 1.82) is 0 Å². The van der Waals surface area contributed by atoms with E-state index < -0.39 is 23.8 Å². The van der Waals surface area contributed by atoms with Gasteiger partial charge in [-0.25, -0.2) is 19.7 Å². The second-order valence-corrected chi connectivity index (χ2v) is 7.85. The highest BCUT2D eigenvalue weighted by molar-refractivity contribution is 5.81. The molecule has 4 aromatic rings. The molecule has 3 heterocycles. The molecule has 2 aromatic carbocycles. The molecule has 0 saturated carbocycles. The molecule has 168 valence electrons.